The molecule has 1 fully saturated rings. The van der Waals surface area contributed by atoms with Gasteiger partial charge in [-0.15, -0.1) is 0 Å². The third-order valence-corrected chi connectivity index (χ3v) is 7.57. The molecular formula is C29H34N6O3. The third-order valence-electron chi connectivity index (χ3n) is 7.57. The number of pyridine rings is 1. The fourth-order valence-electron chi connectivity index (χ4n) is 5.61. The summed E-state index contributed by atoms with van der Waals surface area (Å²) in [4.78, 5) is 50.9. The van der Waals surface area contributed by atoms with Crippen LogP contribution in [-0.2, 0) is 16.0 Å². The molecule has 2 aromatic heterocycles. The first-order valence-electron chi connectivity index (χ1n) is 12.9. The van der Waals surface area contributed by atoms with Gasteiger partial charge in [0.15, 0.2) is 5.78 Å². The maximum Gasteiger partial charge on any atom is 0.229 e. The number of para-hydroxylation sites is 1. The van der Waals surface area contributed by atoms with Gasteiger partial charge in [0.1, 0.15) is 5.82 Å². The monoisotopic (exact) mass is 514 g/mol. The largest absolute Gasteiger partial charge is 0.356 e. The number of carbonyl (C=O) groups is 3. The maximum atomic E-state index is 13.8. The number of Topliss-reactive ketones (excluding diaryl/α,β-unsaturated/α-hetero) is 1. The van der Waals surface area contributed by atoms with Gasteiger partial charge in [0.05, 0.1) is 22.4 Å². The van der Waals surface area contributed by atoms with Gasteiger partial charge in [0, 0.05) is 62.0 Å². The molecule has 9 nitrogen and oxygen atoms in total. The van der Waals surface area contributed by atoms with Crippen molar-refractivity contribution in [2.24, 2.45) is 5.41 Å². The topological polar surface area (TPSA) is 110 Å². The van der Waals surface area contributed by atoms with E-state index in [9.17, 15) is 14.4 Å². The van der Waals surface area contributed by atoms with Gasteiger partial charge < -0.3 is 25.4 Å². The van der Waals surface area contributed by atoms with Gasteiger partial charge in [-0.1, -0.05) is 18.2 Å². The van der Waals surface area contributed by atoms with Crippen molar-refractivity contribution < 1.29 is 14.4 Å². The number of amides is 2. The van der Waals surface area contributed by atoms with Crippen LogP contribution < -0.4 is 10.6 Å². The summed E-state index contributed by atoms with van der Waals surface area (Å²) in [7, 11) is 4.07. The summed E-state index contributed by atoms with van der Waals surface area (Å²) < 4.78 is 0. The minimum Gasteiger partial charge on any atom is -0.356 e. The Kier molecular flexibility index (Phi) is 6.79. The molecular weight excluding hydrogens is 480 g/mol. The Bertz CT molecular complexity index is 1380. The maximum absolute atomic E-state index is 13.8. The van der Waals surface area contributed by atoms with Crippen LogP contribution >= 0.6 is 0 Å². The van der Waals surface area contributed by atoms with Crippen LogP contribution in [0.1, 0.15) is 42.7 Å². The molecule has 1 aliphatic carbocycles. The lowest BCUT2D eigenvalue weighted by atomic mass is 9.73. The first-order valence-corrected chi connectivity index (χ1v) is 12.9. The molecule has 9 heteroatoms. The van der Waals surface area contributed by atoms with E-state index < -0.39 is 5.41 Å². The number of likely N-dealkylation sites (tertiary alicyclic amines) is 1. The van der Waals surface area contributed by atoms with E-state index in [2.05, 4.69) is 25.5 Å². The van der Waals surface area contributed by atoms with Crippen molar-refractivity contribution in [3.8, 4) is 11.3 Å². The highest BCUT2D eigenvalue weighted by atomic mass is 16.2. The van der Waals surface area contributed by atoms with Crippen molar-refractivity contribution >= 4 is 34.8 Å². The molecule has 1 unspecified atom stereocenters. The Morgan fingerprint density at radius 2 is 1.92 bits per heavy atom. The first kappa shape index (κ1) is 25.7. The normalized spacial score (nSPS) is 20.9. The molecule has 3 N–H and O–H groups in total. The van der Waals surface area contributed by atoms with E-state index in [0.29, 0.717) is 48.3 Å². The molecule has 2 amide bonds. The number of H-pyrrole nitrogens is 1. The quantitative estimate of drug-likeness (QED) is 0.457. The van der Waals surface area contributed by atoms with Gasteiger partial charge in [0.25, 0.3) is 0 Å². The van der Waals surface area contributed by atoms with Crippen molar-refractivity contribution in [3.05, 3.63) is 59.9 Å². The summed E-state index contributed by atoms with van der Waals surface area (Å²) in [5.74, 6) is 0.170. The first-order chi connectivity index (χ1) is 18.1. The SMILES string of the molecule is CC(=O)Nc1cc(-c2[nH]c3c(c2Nc2ccccc2)C(=O)CC(C)(C(=O)N2CC[C@@H](N(C)C)C2)C3)ccn1. The summed E-state index contributed by atoms with van der Waals surface area (Å²) in [6, 6.07) is 13.6. The molecule has 1 aromatic carbocycles. The molecule has 0 bridgehead atoms. The summed E-state index contributed by atoms with van der Waals surface area (Å²) in [5.41, 5.74) is 3.50. The number of hydrogen-bond donors (Lipinski definition) is 3. The number of carbonyl (C=O) groups excluding carboxylic acids is 3. The lowest BCUT2D eigenvalue weighted by Crippen LogP contribution is -2.46. The van der Waals surface area contributed by atoms with Crippen molar-refractivity contribution in [1.29, 1.82) is 0 Å². The molecule has 5 rings (SSSR count). The number of likely N-dealkylation sites (N-methyl/N-ethyl adjacent to an activating group) is 1. The van der Waals surface area contributed by atoms with Gasteiger partial charge >= 0.3 is 0 Å². The molecule has 3 aromatic rings. The zero-order chi connectivity index (χ0) is 27.0. The number of aromatic nitrogens is 2. The molecule has 1 saturated heterocycles. The Labute approximate surface area is 222 Å². The van der Waals surface area contributed by atoms with E-state index in [1.807, 2.05) is 62.3 Å². The molecule has 0 radical (unpaired) electrons. The average Bonchev–Trinajstić information content (AvgIpc) is 3.50. The van der Waals surface area contributed by atoms with E-state index >= 15 is 0 Å². The predicted molar refractivity (Wildman–Crippen MR) is 147 cm³/mol. The van der Waals surface area contributed by atoms with Crippen molar-refractivity contribution in [2.75, 3.05) is 37.8 Å². The molecule has 0 spiro atoms. The molecule has 198 valence electrons. The standard InChI is InChI=1S/C29H34N6O3/c1-18(36)31-24-14-19(10-12-30-24)26-27(32-20-8-6-5-7-9-20)25-22(33-26)15-29(2,16-23(25)37)28(38)35-13-11-21(17-35)34(3)4/h5-10,12,14,21,32-33H,11,13,15-17H2,1-4H3,(H,30,31,36)/t21-,29?/m1/s1. The second-order valence-electron chi connectivity index (χ2n) is 10.8. The second kappa shape index (κ2) is 10.1. The van der Waals surface area contributed by atoms with Gasteiger partial charge in [-0.2, -0.15) is 0 Å². The van der Waals surface area contributed by atoms with E-state index in [0.717, 1.165) is 23.4 Å². The van der Waals surface area contributed by atoms with Crippen LogP contribution in [0.25, 0.3) is 11.3 Å². The molecule has 1 aliphatic heterocycles. The fourth-order valence-corrected chi connectivity index (χ4v) is 5.61. The Hall–Kier alpha value is -3.98. The summed E-state index contributed by atoms with van der Waals surface area (Å²) >= 11 is 0. The number of aromatic amines is 1. The highest BCUT2D eigenvalue weighted by molar-refractivity contribution is 6.10. The average molecular weight is 515 g/mol. The number of anilines is 3. The Balaban J connectivity index is 1.53. The molecule has 2 atom stereocenters. The van der Waals surface area contributed by atoms with E-state index in [1.54, 1.807) is 12.3 Å². The molecule has 3 heterocycles. The van der Waals surface area contributed by atoms with Crippen LogP contribution in [0.15, 0.2) is 48.7 Å². The predicted octanol–water partition coefficient (Wildman–Crippen LogP) is 4.08. The van der Waals surface area contributed by atoms with E-state index in [4.69, 9.17) is 0 Å². The fraction of sp³-hybridized carbons (Fsp3) is 0.379. The molecule has 2 aliphatic rings. The molecule has 0 saturated carbocycles. The number of fused-ring (bicyclic) bond motifs is 1. The number of nitrogens with zero attached hydrogens (tertiary/aromatic N) is 3. The van der Waals surface area contributed by atoms with E-state index in [1.165, 1.54) is 6.92 Å². The summed E-state index contributed by atoms with van der Waals surface area (Å²) in [6.45, 7) is 4.73. The lowest BCUT2D eigenvalue weighted by molar-refractivity contribution is -0.140. The van der Waals surface area contributed by atoms with Crippen LogP contribution in [0.3, 0.4) is 0 Å². The zero-order valence-electron chi connectivity index (χ0n) is 22.3. The second-order valence-corrected chi connectivity index (χ2v) is 10.8. The van der Waals surface area contributed by atoms with Crippen LogP contribution in [0.4, 0.5) is 17.2 Å². The van der Waals surface area contributed by atoms with Gasteiger partial charge in [-0.25, -0.2) is 4.98 Å². The number of rotatable bonds is 6. The Morgan fingerprint density at radius 3 is 2.61 bits per heavy atom. The highest BCUT2D eigenvalue weighted by Crippen LogP contribution is 2.44. The Morgan fingerprint density at radius 1 is 1.16 bits per heavy atom. The number of benzene rings is 1. The van der Waals surface area contributed by atoms with Crippen LogP contribution in [0.2, 0.25) is 0 Å². The van der Waals surface area contributed by atoms with Crippen molar-refractivity contribution in [3.63, 3.8) is 0 Å². The minimum absolute atomic E-state index is 0.0337. The number of ketones is 1. The van der Waals surface area contributed by atoms with Crippen LogP contribution in [-0.4, -0.2) is 70.6 Å². The smallest absolute Gasteiger partial charge is 0.229 e. The van der Waals surface area contributed by atoms with Crippen LogP contribution in [0, 0.1) is 5.41 Å². The summed E-state index contributed by atoms with van der Waals surface area (Å²) in [5, 5.41) is 6.16. The lowest BCUT2D eigenvalue weighted by Gasteiger charge is -2.35. The minimum atomic E-state index is -0.822. The van der Waals surface area contributed by atoms with Crippen molar-refractivity contribution in [1.82, 2.24) is 19.8 Å². The van der Waals surface area contributed by atoms with Gasteiger partial charge in [-0.3, -0.25) is 14.4 Å². The number of nitrogens with one attached hydrogen (secondary N) is 3. The van der Waals surface area contributed by atoms with E-state index in [-0.39, 0.29) is 24.0 Å². The van der Waals surface area contributed by atoms with Gasteiger partial charge in [-0.05, 0) is 51.7 Å². The zero-order valence-corrected chi connectivity index (χ0v) is 22.3. The number of hydrogen-bond acceptors (Lipinski definition) is 6. The molecule has 38 heavy (non-hydrogen) atoms. The van der Waals surface area contributed by atoms with Gasteiger partial charge in [0.2, 0.25) is 11.8 Å². The van der Waals surface area contributed by atoms with Crippen LogP contribution in [0.5, 0.6) is 0 Å². The third kappa shape index (κ3) is 4.93. The highest BCUT2D eigenvalue weighted by Gasteiger charge is 2.46. The van der Waals surface area contributed by atoms with Crippen molar-refractivity contribution in [2.45, 2.75) is 39.2 Å². The summed E-state index contributed by atoms with van der Waals surface area (Å²) in [6.07, 6.45) is 3.14.